The lowest BCUT2D eigenvalue weighted by molar-refractivity contribution is -0.143. The van der Waals surface area contributed by atoms with Gasteiger partial charge in [0.15, 0.2) is 0 Å². The number of hydrogen-bond donors (Lipinski definition) is 0. The zero-order valence-corrected chi connectivity index (χ0v) is 13.7. The van der Waals surface area contributed by atoms with Crippen LogP contribution in [0.4, 0.5) is 0 Å². The van der Waals surface area contributed by atoms with Crippen molar-refractivity contribution < 1.29 is 9.53 Å². The van der Waals surface area contributed by atoms with E-state index in [2.05, 4.69) is 18.7 Å². The minimum Gasteiger partial charge on any atom is -0.368 e. The van der Waals surface area contributed by atoms with Crippen molar-refractivity contribution in [3.63, 3.8) is 0 Å². The Labute approximate surface area is 129 Å². The minimum atomic E-state index is 0.245. The Hall–Kier alpha value is -0.570. The molecule has 0 radical (unpaired) electrons. The summed E-state index contributed by atoms with van der Waals surface area (Å²) in [6.07, 6.45) is 11.7. The van der Waals surface area contributed by atoms with E-state index in [1.54, 1.807) is 0 Å². The summed E-state index contributed by atoms with van der Waals surface area (Å²) in [5.41, 5.74) is 0. The highest BCUT2D eigenvalue weighted by atomic mass is 16.5. The Kier molecular flexibility index (Phi) is 4.88. The number of nitrogens with zero attached hydrogens (tertiary/aromatic N) is 1. The Morgan fingerprint density at radius 1 is 1.05 bits per heavy atom. The predicted octanol–water partition coefficient (Wildman–Crippen LogP) is 3.76. The second kappa shape index (κ2) is 6.68. The van der Waals surface area contributed by atoms with Gasteiger partial charge in [-0.3, -0.25) is 4.79 Å². The molecule has 3 heteroatoms. The molecule has 2 saturated carbocycles. The van der Waals surface area contributed by atoms with E-state index in [4.69, 9.17) is 4.74 Å². The molecule has 0 aromatic heterocycles. The van der Waals surface area contributed by atoms with Gasteiger partial charge in [-0.2, -0.15) is 0 Å². The monoisotopic (exact) mass is 293 g/mol. The highest BCUT2D eigenvalue weighted by Gasteiger charge is 2.42. The fraction of sp³-hybridized carbons (Fsp3) is 0.944. The topological polar surface area (TPSA) is 29.5 Å². The van der Waals surface area contributed by atoms with Gasteiger partial charge in [0.2, 0.25) is 5.91 Å². The summed E-state index contributed by atoms with van der Waals surface area (Å²) >= 11 is 0. The van der Waals surface area contributed by atoms with Crippen LogP contribution in [-0.2, 0) is 9.53 Å². The maximum absolute atomic E-state index is 12.7. The van der Waals surface area contributed by atoms with E-state index < -0.39 is 0 Å². The van der Waals surface area contributed by atoms with Crippen molar-refractivity contribution >= 4 is 5.91 Å². The number of rotatable bonds is 3. The average molecular weight is 293 g/mol. The summed E-state index contributed by atoms with van der Waals surface area (Å²) in [7, 11) is 0. The van der Waals surface area contributed by atoms with Crippen molar-refractivity contribution in [2.24, 2.45) is 11.8 Å². The number of amides is 1. The first-order valence-corrected chi connectivity index (χ1v) is 9.09. The Bertz CT molecular complexity index is 370. The van der Waals surface area contributed by atoms with Gasteiger partial charge in [-0.25, -0.2) is 0 Å². The number of carbonyl (C=O) groups excluding carboxylic acids is 1. The average Bonchev–Trinajstić information content (AvgIpc) is 2.82. The highest BCUT2D eigenvalue weighted by Crippen LogP contribution is 2.39. The fourth-order valence-electron chi connectivity index (χ4n) is 4.92. The molecule has 3 fully saturated rings. The molecule has 1 amide bonds. The predicted molar refractivity (Wildman–Crippen MR) is 84.0 cm³/mol. The number of hydrogen-bond acceptors (Lipinski definition) is 2. The Morgan fingerprint density at radius 3 is 2.57 bits per heavy atom. The molecule has 5 atom stereocenters. The van der Waals surface area contributed by atoms with Gasteiger partial charge >= 0.3 is 0 Å². The van der Waals surface area contributed by atoms with Crippen LogP contribution < -0.4 is 0 Å². The number of ether oxygens (including phenoxy) is 1. The number of carbonyl (C=O) groups is 1. The molecular weight excluding hydrogens is 262 g/mol. The van der Waals surface area contributed by atoms with Gasteiger partial charge in [-0.1, -0.05) is 32.6 Å². The van der Waals surface area contributed by atoms with Crippen LogP contribution in [0.5, 0.6) is 0 Å². The summed E-state index contributed by atoms with van der Waals surface area (Å²) in [5, 5.41) is 0. The first kappa shape index (κ1) is 15.3. The molecule has 0 unspecified atom stereocenters. The Balaban J connectivity index is 1.54. The third-order valence-electron chi connectivity index (χ3n) is 6.09. The molecule has 0 bridgehead atoms. The molecule has 0 spiro atoms. The summed E-state index contributed by atoms with van der Waals surface area (Å²) in [6.45, 7) is 4.80. The largest absolute Gasteiger partial charge is 0.368 e. The maximum Gasteiger partial charge on any atom is 0.249 e. The van der Waals surface area contributed by atoms with Gasteiger partial charge in [0, 0.05) is 12.1 Å². The molecule has 2 aliphatic carbocycles. The zero-order valence-electron chi connectivity index (χ0n) is 13.7. The van der Waals surface area contributed by atoms with Gasteiger partial charge in [-0.15, -0.1) is 0 Å². The van der Waals surface area contributed by atoms with E-state index in [0.717, 1.165) is 12.3 Å². The summed E-state index contributed by atoms with van der Waals surface area (Å²) in [4.78, 5) is 14.8. The molecule has 3 aliphatic rings. The molecule has 0 N–H and O–H groups in total. The lowest BCUT2D eigenvalue weighted by atomic mass is 9.85. The molecule has 21 heavy (non-hydrogen) atoms. The standard InChI is InChI=1S/C18H31NO2/c1-13-7-3-6-10-17(13)21-12-18(20)19-14(2)11-15-8-4-5-9-16(15)19/h13-17H,3-12H2,1-2H3/t13-,14-,15-,16+,17+/m1/s1. The molecule has 1 aliphatic heterocycles. The number of likely N-dealkylation sites (tertiary alicyclic amines) is 1. The normalized spacial score (nSPS) is 40.1. The van der Waals surface area contributed by atoms with Crippen molar-refractivity contribution in [3.8, 4) is 0 Å². The van der Waals surface area contributed by atoms with Crippen molar-refractivity contribution in [2.45, 2.75) is 89.8 Å². The van der Waals surface area contributed by atoms with Crippen molar-refractivity contribution in [1.29, 1.82) is 0 Å². The molecule has 1 saturated heterocycles. The number of fused-ring (bicyclic) bond motifs is 1. The Morgan fingerprint density at radius 2 is 1.76 bits per heavy atom. The van der Waals surface area contributed by atoms with E-state index in [1.165, 1.54) is 51.4 Å². The molecule has 120 valence electrons. The summed E-state index contributed by atoms with van der Waals surface area (Å²) in [6, 6.07) is 0.923. The van der Waals surface area contributed by atoms with Crippen LogP contribution in [-0.4, -0.2) is 35.6 Å². The summed E-state index contributed by atoms with van der Waals surface area (Å²) < 4.78 is 6.01. The van der Waals surface area contributed by atoms with Crippen LogP contribution in [0, 0.1) is 11.8 Å². The van der Waals surface area contributed by atoms with Crippen LogP contribution in [0.25, 0.3) is 0 Å². The van der Waals surface area contributed by atoms with Crippen LogP contribution in [0.1, 0.15) is 71.6 Å². The highest BCUT2D eigenvalue weighted by molar-refractivity contribution is 5.78. The second-order valence-corrected chi connectivity index (χ2v) is 7.61. The van der Waals surface area contributed by atoms with E-state index in [1.807, 2.05) is 0 Å². The van der Waals surface area contributed by atoms with Gasteiger partial charge in [0.25, 0.3) is 0 Å². The van der Waals surface area contributed by atoms with Crippen molar-refractivity contribution in [2.75, 3.05) is 6.61 Å². The van der Waals surface area contributed by atoms with E-state index >= 15 is 0 Å². The first-order valence-electron chi connectivity index (χ1n) is 9.09. The van der Waals surface area contributed by atoms with Gasteiger partial charge in [0.1, 0.15) is 6.61 Å². The first-order chi connectivity index (χ1) is 10.2. The quantitative estimate of drug-likeness (QED) is 0.793. The van der Waals surface area contributed by atoms with E-state index in [9.17, 15) is 4.79 Å². The zero-order chi connectivity index (χ0) is 14.8. The lowest BCUT2D eigenvalue weighted by Gasteiger charge is -2.34. The van der Waals surface area contributed by atoms with Gasteiger partial charge in [0.05, 0.1) is 6.10 Å². The second-order valence-electron chi connectivity index (χ2n) is 7.61. The maximum atomic E-state index is 12.7. The summed E-state index contributed by atoms with van der Waals surface area (Å²) in [5.74, 6) is 1.62. The van der Waals surface area contributed by atoms with Crippen LogP contribution >= 0.6 is 0 Å². The third kappa shape index (κ3) is 3.28. The molecule has 3 nitrogen and oxygen atoms in total. The van der Waals surface area contributed by atoms with Crippen molar-refractivity contribution in [3.05, 3.63) is 0 Å². The molecule has 0 aromatic rings. The van der Waals surface area contributed by atoms with Gasteiger partial charge < -0.3 is 9.64 Å². The molecule has 1 heterocycles. The van der Waals surface area contributed by atoms with E-state index in [0.29, 0.717) is 30.7 Å². The van der Waals surface area contributed by atoms with E-state index in [-0.39, 0.29) is 5.91 Å². The van der Waals surface area contributed by atoms with Crippen LogP contribution in [0.2, 0.25) is 0 Å². The lowest BCUT2D eigenvalue weighted by Crippen LogP contribution is -2.45. The minimum absolute atomic E-state index is 0.245. The smallest absolute Gasteiger partial charge is 0.249 e. The fourth-order valence-corrected chi connectivity index (χ4v) is 4.92. The SMILES string of the molecule is C[C@@H]1CCCC[C@@H]1OCC(=O)N1[C@H](C)C[C@H]2CCCC[C@@H]21. The molecular formula is C18H31NO2. The third-order valence-corrected chi connectivity index (χ3v) is 6.09. The molecule has 0 aromatic carbocycles. The van der Waals surface area contributed by atoms with Crippen molar-refractivity contribution in [1.82, 2.24) is 4.90 Å². The van der Waals surface area contributed by atoms with Gasteiger partial charge in [-0.05, 0) is 50.9 Å². The molecule has 3 rings (SSSR count). The van der Waals surface area contributed by atoms with Crippen LogP contribution in [0.15, 0.2) is 0 Å². The van der Waals surface area contributed by atoms with Crippen LogP contribution in [0.3, 0.4) is 0 Å².